The van der Waals surface area contributed by atoms with Crippen LogP contribution in [0.25, 0.3) is 0 Å². The predicted molar refractivity (Wildman–Crippen MR) is 177 cm³/mol. The third-order valence-corrected chi connectivity index (χ3v) is 7.41. The molecule has 2 N–H and O–H groups in total. The summed E-state index contributed by atoms with van der Waals surface area (Å²) in [6, 6.07) is 36.0. The van der Waals surface area contributed by atoms with Gasteiger partial charge in [-0.3, -0.25) is 0 Å². The number of hydrogen-bond acceptors (Lipinski definition) is 5. The Kier molecular flexibility index (Phi) is 10.3. The summed E-state index contributed by atoms with van der Waals surface area (Å²) in [5, 5.41) is 12.7. The molecule has 4 aromatic carbocycles. The number of benzene rings is 4. The zero-order chi connectivity index (χ0) is 29.4. The van der Waals surface area contributed by atoms with Crippen LogP contribution in [0.5, 0.6) is 0 Å². The Hall–Kier alpha value is -3.94. The molecule has 0 aliphatic heterocycles. The minimum Gasteiger partial charge on any atom is -0.478 e. The standard InChI is InChI=1S/C20H14Cl2N2O2S.C13H10S/c1-11-4-2-3-5-14(11)19(27)15-7-6-13(10-16(15)21)23-18-9-12(20(25)26)8-17(22)24-18;14-13(11-7-3-1-4-8-11)12-9-5-2-6-10-12/h2-10H,1H3,(H,23,24)(H,25,26);1-10H. The fraction of sp³-hybridized carbons (Fsp3) is 0.0303. The van der Waals surface area contributed by atoms with E-state index in [9.17, 15) is 4.79 Å². The number of carboxylic acid groups (broad SMARTS) is 1. The molecule has 1 aromatic heterocycles. The number of halogens is 2. The molecule has 0 aliphatic carbocycles. The molecule has 4 nitrogen and oxygen atoms in total. The number of nitrogens with one attached hydrogen (secondary N) is 1. The van der Waals surface area contributed by atoms with E-state index >= 15 is 0 Å². The number of carbonyl (C=O) groups is 1. The van der Waals surface area contributed by atoms with E-state index in [-0.39, 0.29) is 10.7 Å². The van der Waals surface area contributed by atoms with E-state index in [1.54, 1.807) is 12.1 Å². The topological polar surface area (TPSA) is 62.2 Å². The second-order valence-electron chi connectivity index (χ2n) is 8.89. The number of carboxylic acids is 1. The lowest BCUT2D eigenvalue weighted by Gasteiger charge is -2.12. The number of anilines is 2. The highest BCUT2D eigenvalue weighted by molar-refractivity contribution is 7.81. The van der Waals surface area contributed by atoms with Crippen LogP contribution in [0, 0.1) is 6.92 Å². The van der Waals surface area contributed by atoms with Crippen LogP contribution in [0.4, 0.5) is 11.5 Å². The van der Waals surface area contributed by atoms with Gasteiger partial charge < -0.3 is 10.4 Å². The average molecular weight is 616 g/mol. The molecule has 0 atom stereocenters. The minimum atomic E-state index is -1.08. The first kappa shape index (κ1) is 30.0. The molecule has 0 saturated heterocycles. The van der Waals surface area contributed by atoms with Gasteiger partial charge in [0.2, 0.25) is 0 Å². The number of nitrogens with zero attached hydrogens (tertiary/aromatic N) is 1. The summed E-state index contributed by atoms with van der Waals surface area (Å²) in [6.07, 6.45) is 0. The largest absolute Gasteiger partial charge is 0.478 e. The third kappa shape index (κ3) is 8.06. The number of aryl methyl sites for hydroxylation is 1. The highest BCUT2D eigenvalue weighted by atomic mass is 35.5. The average Bonchev–Trinajstić information content (AvgIpc) is 2.98. The molecule has 5 aromatic rings. The lowest BCUT2D eigenvalue weighted by atomic mass is 10.00. The lowest BCUT2D eigenvalue weighted by molar-refractivity contribution is 0.0697. The molecule has 0 saturated carbocycles. The molecule has 204 valence electrons. The summed E-state index contributed by atoms with van der Waals surface area (Å²) >= 11 is 23.3. The monoisotopic (exact) mass is 614 g/mol. The Morgan fingerprint density at radius 1 is 0.707 bits per heavy atom. The maximum atomic E-state index is 11.1. The summed E-state index contributed by atoms with van der Waals surface area (Å²) < 4.78 is 0. The fourth-order valence-corrected chi connectivity index (χ4v) is 5.15. The van der Waals surface area contributed by atoms with Crippen LogP contribution < -0.4 is 5.32 Å². The highest BCUT2D eigenvalue weighted by Crippen LogP contribution is 2.27. The maximum Gasteiger partial charge on any atom is 0.335 e. The molecule has 0 fully saturated rings. The van der Waals surface area contributed by atoms with E-state index in [0.29, 0.717) is 21.4 Å². The number of pyridine rings is 1. The summed E-state index contributed by atoms with van der Waals surface area (Å²) in [6.45, 7) is 2.00. The third-order valence-electron chi connectivity index (χ3n) is 5.99. The SMILES string of the molecule is Cc1ccccc1C(=S)c1ccc(Nc2cc(C(=O)O)cc(Cl)n2)cc1Cl.S=C(c1ccccc1)c1ccccc1. The molecule has 0 aliphatic rings. The highest BCUT2D eigenvalue weighted by Gasteiger charge is 2.13. The van der Waals surface area contributed by atoms with Crippen molar-refractivity contribution < 1.29 is 9.90 Å². The molecular weight excluding hydrogens is 591 g/mol. The van der Waals surface area contributed by atoms with Crippen molar-refractivity contribution in [1.29, 1.82) is 0 Å². The Morgan fingerprint density at radius 2 is 1.29 bits per heavy atom. The first-order valence-electron chi connectivity index (χ1n) is 12.5. The van der Waals surface area contributed by atoms with Crippen LogP contribution >= 0.6 is 47.6 Å². The number of aromatic carboxylic acids is 1. The smallest absolute Gasteiger partial charge is 0.335 e. The van der Waals surface area contributed by atoms with Gasteiger partial charge in [0, 0.05) is 11.3 Å². The number of aromatic nitrogens is 1. The van der Waals surface area contributed by atoms with Gasteiger partial charge in [-0.25, -0.2) is 9.78 Å². The summed E-state index contributed by atoms with van der Waals surface area (Å²) in [5.74, 6) is -0.774. The Bertz CT molecular complexity index is 1670. The van der Waals surface area contributed by atoms with Gasteiger partial charge in [0.05, 0.1) is 20.3 Å². The van der Waals surface area contributed by atoms with Crippen molar-refractivity contribution in [2.75, 3.05) is 5.32 Å². The number of thiocarbonyl (C=S) groups is 2. The van der Waals surface area contributed by atoms with Crippen LogP contribution in [0.3, 0.4) is 0 Å². The van der Waals surface area contributed by atoms with Crippen LogP contribution in [-0.4, -0.2) is 25.8 Å². The second-order valence-corrected chi connectivity index (χ2v) is 10.5. The van der Waals surface area contributed by atoms with E-state index in [0.717, 1.165) is 32.7 Å². The van der Waals surface area contributed by atoms with Crippen molar-refractivity contribution in [3.8, 4) is 0 Å². The number of hydrogen-bond donors (Lipinski definition) is 2. The molecular formula is C33H24Cl2N2O2S2. The summed E-state index contributed by atoms with van der Waals surface area (Å²) in [5.41, 5.74) is 5.67. The fourth-order valence-electron chi connectivity index (χ4n) is 3.93. The molecule has 1 heterocycles. The van der Waals surface area contributed by atoms with Gasteiger partial charge in [0.15, 0.2) is 0 Å². The van der Waals surface area contributed by atoms with E-state index in [4.69, 9.17) is 52.7 Å². The summed E-state index contributed by atoms with van der Waals surface area (Å²) in [7, 11) is 0. The zero-order valence-electron chi connectivity index (χ0n) is 21.8. The predicted octanol–water partition coefficient (Wildman–Crippen LogP) is 9.36. The van der Waals surface area contributed by atoms with Gasteiger partial charge in [-0.15, -0.1) is 0 Å². The van der Waals surface area contributed by atoms with Crippen LogP contribution in [0.2, 0.25) is 10.2 Å². The van der Waals surface area contributed by atoms with Gasteiger partial charge >= 0.3 is 5.97 Å². The molecule has 5 rings (SSSR count). The van der Waals surface area contributed by atoms with Crippen LogP contribution in [-0.2, 0) is 0 Å². The van der Waals surface area contributed by atoms with E-state index in [2.05, 4.69) is 10.3 Å². The summed E-state index contributed by atoms with van der Waals surface area (Å²) in [4.78, 5) is 16.8. The molecule has 0 amide bonds. The van der Waals surface area contributed by atoms with Crippen molar-refractivity contribution in [3.05, 3.63) is 159 Å². The molecule has 0 radical (unpaired) electrons. The van der Waals surface area contributed by atoms with Gasteiger partial charge in [-0.2, -0.15) is 0 Å². The second kappa shape index (κ2) is 14.1. The van der Waals surface area contributed by atoms with Crippen molar-refractivity contribution in [2.45, 2.75) is 6.92 Å². The van der Waals surface area contributed by atoms with Crippen LogP contribution in [0.15, 0.2) is 115 Å². The first-order chi connectivity index (χ1) is 19.7. The molecule has 0 unspecified atom stereocenters. The van der Waals surface area contributed by atoms with Crippen molar-refractivity contribution in [3.63, 3.8) is 0 Å². The van der Waals surface area contributed by atoms with Crippen molar-refractivity contribution in [2.24, 2.45) is 0 Å². The van der Waals surface area contributed by atoms with E-state index < -0.39 is 5.97 Å². The quantitative estimate of drug-likeness (QED) is 0.108. The van der Waals surface area contributed by atoms with Gasteiger partial charge in [-0.05, 0) is 59.5 Å². The zero-order valence-corrected chi connectivity index (χ0v) is 25.0. The van der Waals surface area contributed by atoms with E-state index in [1.807, 2.05) is 97.9 Å². The first-order valence-corrected chi connectivity index (χ1v) is 14.0. The van der Waals surface area contributed by atoms with Crippen molar-refractivity contribution in [1.82, 2.24) is 4.98 Å². The molecule has 0 bridgehead atoms. The molecule has 0 spiro atoms. The molecule has 8 heteroatoms. The maximum absolute atomic E-state index is 11.1. The Balaban J connectivity index is 0.000000231. The van der Waals surface area contributed by atoms with Gasteiger partial charge in [-0.1, -0.05) is 133 Å². The van der Waals surface area contributed by atoms with Gasteiger partial charge in [0.1, 0.15) is 11.0 Å². The number of rotatable bonds is 7. The van der Waals surface area contributed by atoms with Crippen LogP contribution in [0.1, 0.15) is 38.2 Å². The lowest BCUT2D eigenvalue weighted by Crippen LogP contribution is -2.04. The van der Waals surface area contributed by atoms with E-state index in [1.165, 1.54) is 12.1 Å². The van der Waals surface area contributed by atoms with Gasteiger partial charge in [0.25, 0.3) is 0 Å². The Morgan fingerprint density at radius 3 is 1.85 bits per heavy atom. The molecule has 41 heavy (non-hydrogen) atoms. The normalized spacial score (nSPS) is 10.2. The Labute approximate surface area is 259 Å². The van der Waals surface area contributed by atoms with Crippen molar-refractivity contribution >= 4 is 74.8 Å². The minimum absolute atomic E-state index is 0.0425.